The number of benzene rings is 1. The Labute approximate surface area is 146 Å². The van der Waals surface area contributed by atoms with Crippen molar-refractivity contribution in [3.63, 3.8) is 0 Å². The maximum Gasteiger partial charge on any atom is 0.341 e. The molecule has 128 valence electrons. The molecule has 3 rings (SSSR count). The fraction of sp³-hybridized carbons (Fsp3) is 0.118. The van der Waals surface area contributed by atoms with Crippen LogP contribution in [-0.2, 0) is 0 Å². The lowest BCUT2D eigenvalue weighted by atomic mass is 10.2. The number of nitrogens with one attached hydrogen (secondary N) is 1. The number of amides is 1. The van der Waals surface area contributed by atoms with Gasteiger partial charge in [-0.05, 0) is 25.1 Å². The minimum absolute atomic E-state index is 0.165. The van der Waals surface area contributed by atoms with E-state index in [0.717, 1.165) is 17.0 Å². The highest BCUT2D eigenvalue weighted by Gasteiger charge is 2.24. The number of carboxylic acids is 1. The van der Waals surface area contributed by atoms with E-state index < -0.39 is 17.1 Å². The summed E-state index contributed by atoms with van der Waals surface area (Å²) in [7, 11) is 0. The maximum absolute atomic E-state index is 12.9. The number of rotatable bonds is 4. The van der Waals surface area contributed by atoms with Gasteiger partial charge >= 0.3 is 5.97 Å². The Morgan fingerprint density at radius 1 is 1.28 bits per heavy atom. The van der Waals surface area contributed by atoms with Gasteiger partial charge in [0.05, 0.1) is 5.69 Å². The van der Waals surface area contributed by atoms with Crippen LogP contribution in [0.5, 0.6) is 0 Å². The van der Waals surface area contributed by atoms with Crippen molar-refractivity contribution in [1.82, 2.24) is 4.98 Å². The molecule has 3 aromatic rings. The molecule has 25 heavy (non-hydrogen) atoms. The highest BCUT2D eigenvalue weighted by molar-refractivity contribution is 7.21. The van der Waals surface area contributed by atoms with Crippen molar-refractivity contribution in [2.75, 3.05) is 17.2 Å². The largest absolute Gasteiger partial charge is 0.477 e. The number of aromatic amines is 1. The summed E-state index contributed by atoms with van der Waals surface area (Å²) < 4.78 is 0. The Morgan fingerprint density at radius 3 is 2.56 bits per heavy atom. The van der Waals surface area contributed by atoms with Crippen LogP contribution in [0.1, 0.15) is 27.0 Å². The summed E-state index contributed by atoms with van der Waals surface area (Å²) in [5.41, 5.74) is 5.83. The number of hydrogen-bond donors (Lipinski definition) is 3. The van der Waals surface area contributed by atoms with Gasteiger partial charge in [0.1, 0.15) is 15.3 Å². The lowest BCUT2D eigenvalue weighted by Gasteiger charge is -2.20. The van der Waals surface area contributed by atoms with Crippen molar-refractivity contribution >= 4 is 44.8 Å². The highest BCUT2D eigenvalue weighted by Crippen LogP contribution is 2.33. The van der Waals surface area contributed by atoms with E-state index >= 15 is 0 Å². The van der Waals surface area contributed by atoms with Crippen LogP contribution in [0.2, 0.25) is 0 Å². The van der Waals surface area contributed by atoms with Gasteiger partial charge in [-0.3, -0.25) is 9.59 Å². The second kappa shape index (κ2) is 6.40. The number of carbonyl (C=O) groups excluding carboxylic acids is 1. The maximum atomic E-state index is 12.9. The van der Waals surface area contributed by atoms with Crippen molar-refractivity contribution in [3.8, 4) is 0 Å². The lowest BCUT2D eigenvalue weighted by Crippen LogP contribution is -2.30. The van der Waals surface area contributed by atoms with Crippen molar-refractivity contribution < 1.29 is 14.7 Å². The molecular weight excluding hydrogens is 342 g/mol. The number of aromatic carboxylic acids is 1. The monoisotopic (exact) mass is 357 g/mol. The fourth-order valence-electron chi connectivity index (χ4n) is 2.56. The Balaban J connectivity index is 2.12. The van der Waals surface area contributed by atoms with Gasteiger partial charge in [0.15, 0.2) is 0 Å². The molecule has 0 spiro atoms. The van der Waals surface area contributed by atoms with Crippen LogP contribution in [-0.4, -0.2) is 28.5 Å². The molecule has 0 atom stereocenters. The van der Waals surface area contributed by atoms with Gasteiger partial charge < -0.3 is 20.7 Å². The molecule has 0 bridgehead atoms. The van der Waals surface area contributed by atoms with Crippen molar-refractivity contribution in [3.05, 3.63) is 57.2 Å². The molecule has 1 amide bonds. The minimum Gasteiger partial charge on any atom is -0.477 e. The van der Waals surface area contributed by atoms with E-state index in [9.17, 15) is 14.4 Å². The molecule has 0 aliphatic carbocycles. The minimum atomic E-state index is -1.35. The first-order valence-electron chi connectivity index (χ1n) is 7.49. The number of nitrogens with zero attached hydrogens (tertiary/aromatic N) is 1. The Hall–Kier alpha value is -3.13. The Morgan fingerprint density at radius 2 is 1.96 bits per heavy atom. The van der Waals surface area contributed by atoms with Crippen LogP contribution in [0, 0.1) is 0 Å². The number of pyridine rings is 1. The van der Waals surface area contributed by atoms with Crippen LogP contribution >= 0.6 is 11.3 Å². The highest BCUT2D eigenvalue weighted by atomic mass is 32.1. The predicted octanol–water partition coefficient (Wildman–Crippen LogP) is 2.54. The summed E-state index contributed by atoms with van der Waals surface area (Å²) in [5, 5.41) is 9.43. The Kier molecular flexibility index (Phi) is 4.28. The molecule has 1 aromatic carbocycles. The molecular formula is C17H15N3O4S. The van der Waals surface area contributed by atoms with E-state index in [0.29, 0.717) is 16.8 Å². The van der Waals surface area contributed by atoms with E-state index in [4.69, 9.17) is 10.8 Å². The number of carbonyl (C=O) groups is 2. The van der Waals surface area contributed by atoms with Crippen LogP contribution in [0.15, 0.2) is 41.2 Å². The normalized spacial score (nSPS) is 10.8. The number of hydrogen-bond acceptors (Lipinski definition) is 5. The number of para-hydroxylation sites is 1. The van der Waals surface area contributed by atoms with Crippen molar-refractivity contribution in [2.24, 2.45) is 0 Å². The van der Waals surface area contributed by atoms with Crippen molar-refractivity contribution in [2.45, 2.75) is 6.92 Å². The van der Waals surface area contributed by atoms with E-state index in [2.05, 4.69) is 4.98 Å². The summed E-state index contributed by atoms with van der Waals surface area (Å²) >= 11 is 1.04. The summed E-state index contributed by atoms with van der Waals surface area (Å²) in [6.45, 7) is 2.28. The molecule has 0 saturated heterocycles. The van der Waals surface area contributed by atoms with Crippen LogP contribution < -0.4 is 16.2 Å². The first kappa shape index (κ1) is 16.7. The van der Waals surface area contributed by atoms with E-state index in [1.54, 1.807) is 4.90 Å². The number of nitrogen functional groups attached to an aromatic ring is 1. The van der Waals surface area contributed by atoms with Crippen molar-refractivity contribution in [1.29, 1.82) is 0 Å². The average Bonchev–Trinajstić information content (AvgIpc) is 2.91. The SMILES string of the molecule is CCN(C(=O)c1sc2[nH]c(=O)c(C(=O)O)cc2c1N)c1ccccc1. The third kappa shape index (κ3) is 2.87. The number of H-pyrrole nitrogens is 1. The molecule has 0 aliphatic heterocycles. The van der Waals surface area contributed by atoms with Gasteiger partial charge in [-0.2, -0.15) is 0 Å². The van der Waals surface area contributed by atoms with Crippen LogP contribution in [0.4, 0.5) is 11.4 Å². The van der Waals surface area contributed by atoms with Gasteiger partial charge in [-0.25, -0.2) is 4.79 Å². The number of anilines is 2. The van der Waals surface area contributed by atoms with Gasteiger partial charge in [-0.1, -0.05) is 18.2 Å². The standard InChI is InChI=1S/C17H15N3O4S/c1-2-20(9-6-4-3-5-7-9)16(22)13-12(18)10-8-11(17(23)24)14(21)19-15(10)25-13/h3-8H,2,18H2,1H3,(H,19,21)(H,23,24). The zero-order chi connectivity index (χ0) is 18.1. The molecule has 0 unspecified atom stereocenters. The molecule has 0 fully saturated rings. The fourth-order valence-corrected chi connectivity index (χ4v) is 3.61. The molecule has 0 aliphatic rings. The predicted molar refractivity (Wildman–Crippen MR) is 97.6 cm³/mol. The quantitative estimate of drug-likeness (QED) is 0.663. The van der Waals surface area contributed by atoms with Gasteiger partial charge in [0, 0.05) is 17.6 Å². The first-order chi connectivity index (χ1) is 11.9. The molecule has 2 heterocycles. The van der Waals surface area contributed by atoms with Gasteiger partial charge in [-0.15, -0.1) is 11.3 Å². The van der Waals surface area contributed by atoms with Gasteiger partial charge in [0.2, 0.25) is 0 Å². The molecule has 0 radical (unpaired) electrons. The number of nitrogens with two attached hydrogens (primary N) is 1. The number of fused-ring (bicyclic) bond motifs is 1. The zero-order valence-electron chi connectivity index (χ0n) is 13.3. The second-order valence-electron chi connectivity index (χ2n) is 5.29. The van der Waals surface area contributed by atoms with E-state index in [1.807, 2.05) is 37.3 Å². The van der Waals surface area contributed by atoms with Crippen LogP contribution in [0.3, 0.4) is 0 Å². The van der Waals surface area contributed by atoms with Crippen LogP contribution in [0.25, 0.3) is 10.2 Å². The van der Waals surface area contributed by atoms with E-state index in [-0.39, 0.29) is 16.5 Å². The first-order valence-corrected chi connectivity index (χ1v) is 8.31. The summed E-state index contributed by atoms with van der Waals surface area (Å²) in [6.07, 6.45) is 0. The molecule has 8 heteroatoms. The average molecular weight is 357 g/mol. The van der Waals surface area contributed by atoms with Gasteiger partial charge in [0.25, 0.3) is 11.5 Å². The molecule has 4 N–H and O–H groups in total. The lowest BCUT2D eigenvalue weighted by molar-refractivity contribution is 0.0695. The second-order valence-corrected chi connectivity index (χ2v) is 6.31. The smallest absolute Gasteiger partial charge is 0.341 e. The summed E-state index contributed by atoms with van der Waals surface area (Å²) in [6, 6.07) is 10.3. The summed E-state index contributed by atoms with van der Waals surface area (Å²) in [4.78, 5) is 40.5. The molecule has 0 saturated carbocycles. The van der Waals surface area contributed by atoms with E-state index in [1.165, 1.54) is 6.07 Å². The Bertz CT molecular complexity index is 1020. The topological polar surface area (TPSA) is 116 Å². The number of thiophene rings is 1. The molecule has 2 aromatic heterocycles. The number of aromatic nitrogens is 1. The third-order valence-corrected chi connectivity index (χ3v) is 4.92. The third-order valence-electron chi connectivity index (χ3n) is 3.80. The zero-order valence-corrected chi connectivity index (χ0v) is 14.1. The number of carboxylic acid groups (broad SMARTS) is 1. The molecule has 7 nitrogen and oxygen atoms in total. The summed E-state index contributed by atoms with van der Waals surface area (Å²) in [5.74, 6) is -1.65.